The summed E-state index contributed by atoms with van der Waals surface area (Å²) in [6.07, 6.45) is 9.69. The molecule has 2 aromatic rings. The van der Waals surface area contributed by atoms with Crippen molar-refractivity contribution in [3.8, 4) is 0 Å². The second-order valence-corrected chi connectivity index (χ2v) is 17.6. The largest absolute Gasteiger partial charge is 0.394 e. The van der Waals surface area contributed by atoms with E-state index in [4.69, 9.17) is 5.73 Å². The van der Waals surface area contributed by atoms with Gasteiger partial charge in [0.1, 0.15) is 30.2 Å². The summed E-state index contributed by atoms with van der Waals surface area (Å²) in [6.45, 7) is 5.31. The molecule has 0 unspecified atom stereocenters. The first-order valence-corrected chi connectivity index (χ1v) is 22.1. The summed E-state index contributed by atoms with van der Waals surface area (Å²) >= 11 is 0. The number of aliphatic hydroxyl groups excluding tert-OH is 1. The van der Waals surface area contributed by atoms with Crippen LogP contribution in [-0.2, 0) is 52.7 Å². The number of amides is 6. The van der Waals surface area contributed by atoms with Crippen LogP contribution in [0.2, 0.25) is 0 Å². The fraction of sp³-hybridized carbons (Fsp3) is 0.625. The molecule has 1 aliphatic rings. The number of aromatic nitrogens is 2. The predicted molar refractivity (Wildman–Crippen MR) is 219 cm³/mol. The van der Waals surface area contributed by atoms with Gasteiger partial charge in [0.25, 0.3) is 0 Å². The zero-order valence-electron chi connectivity index (χ0n) is 35.1. The van der Waals surface area contributed by atoms with Crippen molar-refractivity contribution in [2.45, 2.75) is 134 Å². The van der Waals surface area contributed by atoms with Gasteiger partial charge in [-0.2, -0.15) is 8.78 Å². The number of nitrogens with two attached hydrogens (primary N) is 1. The number of alkyl halides is 2. The minimum absolute atomic E-state index is 0.128. The molecule has 61 heavy (non-hydrogen) atoms. The van der Waals surface area contributed by atoms with Crippen molar-refractivity contribution in [3.63, 3.8) is 0 Å². The van der Waals surface area contributed by atoms with E-state index in [0.717, 1.165) is 38.5 Å². The normalized spacial score (nSPS) is 16.9. The molecule has 0 radical (unpaired) electrons. The quantitative estimate of drug-likeness (QED) is 0.0523. The van der Waals surface area contributed by atoms with Crippen molar-refractivity contribution >= 4 is 43.0 Å². The Morgan fingerprint density at radius 1 is 0.902 bits per heavy atom. The molecule has 2 heterocycles. The average molecular weight is 883 g/mol. The minimum atomic E-state index is -6.14. The Morgan fingerprint density at radius 2 is 1.51 bits per heavy atom. The molecule has 6 atom stereocenters. The van der Waals surface area contributed by atoms with Crippen LogP contribution >= 0.6 is 7.60 Å². The number of unbranched alkanes of at least 4 members (excludes halogenated alkanes) is 4. The number of rotatable bonds is 25. The third-order valence-corrected chi connectivity index (χ3v) is 11.9. The van der Waals surface area contributed by atoms with Crippen molar-refractivity contribution in [3.05, 3.63) is 54.1 Å². The summed E-state index contributed by atoms with van der Waals surface area (Å²) < 4.78 is 42.4. The van der Waals surface area contributed by atoms with Gasteiger partial charge in [0, 0.05) is 38.3 Å². The number of aryl methyl sites for hydroxylation is 2. The van der Waals surface area contributed by atoms with Crippen LogP contribution in [0.4, 0.5) is 8.78 Å². The lowest BCUT2D eigenvalue weighted by atomic mass is 10.0. The molecule has 18 nitrogen and oxygen atoms in total. The Kier molecular flexibility index (Phi) is 19.4. The third kappa shape index (κ3) is 15.0. The molecule has 3 rings (SSSR count). The fourth-order valence-electron chi connectivity index (χ4n) is 7.21. The number of imidazole rings is 1. The highest BCUT2D eigenvalue weighted by Gasteiger charge is 2.57. The SMILES string of the molecule is CC(=O)N1CCC[C@H]1C(=O)N[C@@H](CC(C)C)C(=O)N[C@@H](Cc1cncn1CCCCCCCc1ccccc1)C(=O)N[C@@H](CO)C(=O)N[C@H](C(N)=O)[C@@H](C)C(F)(F)P(=O)(O)O. The predicted octanol–water partition coefficient (Wildman–Crippen LogP) is 1.50. The van der Waals surface area contributed by atoms with Gasteiger partial charge in [0.2, 0.25) is 35.4 Å². The summed E-state index contributed by atoms with van der Waals surface area (Å²) in [7, 11) is -6.14. The lowest BCUT2D eigenvalue weighted by Gasteiger charge is -2.31. The maximum absolute atomic E-state index is 14.6. The van der Waals surface area contributed by atoms with Crippen molar-refractivity contribution in [1.29, 1.82) is 0 Å². The number of primary amides is 1. The van der Waals surface area contributed by atoms with Crippen molar-refractivity contribution in [2.24, 2.45) is 17.6 Å². The highest BCUT2D eigenvalue weighted by Crippen LogP contribution is 2.57. The van der Waals surface area contributed by atoms with Gasteiger partial charge in [-0.15, -0.1) is 0 Å². The molecule has 1 saturated heterocycles. The second kappa shape index (κ2) is 23.4. The average Bonchev–Trinajstić information content (AvgIpc) is 3.87. The van der Waals surface area contributed by atoms with Gasteiger partial charge in [-0.1, -0.05) is 70.4 Å². The number of likely N-dealkylation sites (tertiary alicyclic amines) is 1. The maximum Gasteiger partial charge on any atom is 0.394 e. The summed E-state index contributed by atoms with van der Waals surface area (Å²) in [5.41, 5.74) is 2.19. The highest BCUT2D eigenvalue weighted by molar-refractivity contribution is 7.53. The Balaban J connectivity index is 1.81. The number of hydrogen-bond donors (Lipinski definition) is 8. The lowest BCUT2D eigenvalue weighted by molar-refractivity contribution is -0.139. The summed E-state index contributed by atoms with van der Waals surface area (Å²) in [5.74, 6) is -8.29. The van der Waals surface area contributed by atoms with E-state index < -0.39 is 85.5 Å². The number of hydrogen-bond acceptors (Lipinski definition) is 9. The van der Waals surface area contributed by atoms with E-state index in [1.807, 2.05) is 37.4 Å². The van der Waals surface area contributed by atoms with E-state index in [2.05, 4.69) is 33.1 Å². The smallest absolute Gasteiger partial charge is 0.394 e. The molecule has 6 amide bonds. The first-order valence-electron chi connectivity index (χ1n) is 20.5. The standard InChI is InChI=1S/C40H61F2N8O10P/c1-25(2)20-30(46-39(57)33-17-13-19-50(33)27(4)52)36(54)45-31(21-29-22-44-24-49(29)18-12-7-5-6-9-14-28-15-10-8-11-16-28)37(55)47-32(23-51)38(56)48-34(35(43)53)26(3)40(41,42)61(58,59)60/h8,10-11,15-16,22,24-26,30-34,51H,5-7,9,12-14,17-21,23H2,1-4H3,(H2,43,53)(H,45,54)(H,46,57)(H,47,55)(H,48,56)(H2,58,59,60)/t26-,30+,31+,32+,33+,34+/m1/s1. The van der Waals surface area contributed by atoms with Crippen LogP contribution in [0.1, 0.15) is 90.3 Å². The molecule has 0 bridgehead atoms. The summed E-state index contributed by atoms with van der Waals surface area (Å²) in [4.78, 5) is 103. The molecule has 1 aromatic heterocycles. The molecule has 0 spiro atoms. The van der Waals surface area contributed by atoms with Crippen LogP contribution in [0.15, 0.2) is 42.9 Å². The topological polar surface area (TPSA) is 275 Å². The van der Waals surface area contributed by atoms with Crippen molar-refractivity contribution < 1.29 is 57.0 Å². The zero-order valence-corrected chi connectivity index (χ0v) is 36.0. The zero-order chi connectivity index (χ0) is 45.5. The van der Waals surface area contributed by atoms with Gasteiger partial charge in [0.05, 0.1) is 18.9 Å². The first-order chi connectivity index (χ1) is 28.7. The van der Waals surface area contributed by atoms with Gasteiger partial charge in [-0.3, -0.25) is 33.3 Å². The molecule has 1 fully saturated rings. The highest BCUT2D eigenvalue weighted by atomic mass is 31.2. The molecule has 0 saturated carbocycles. The minimum Gasteiger partial charge on any atom is -0.394 e. The van der Waals surface area contributed by atoms with Gasteiger partial charge >= 0.3 is 13.3 Å². The monoisotopic (exact) mass is 882 g/mol. The van der Waals surface area contributed by atoms with E-state index in [0.29, 0.717) is 38.5 Å². The first kappa shape index (κ1) is 50.6. The fourth-order valence-corrected chi connectivity index (χ4v) is 7.89. The van der Waals surface area contributed by atoms with Gasteiger partial charge in [-0.05, 0) is 50.0 Å². The third-order valence-electron chi connectivity index (χ3n) is 10.7. The Bertz CT molecular complexity index is 1850. The number of aliphatic hydroxyl groups is 1. The molecule has 21 heteroatoms. The Morgan fingerprint density at radius 3 is 2.11 bits per heavy atom. The number of nitrogens with one attached hydrogen (secondary N) is 4. The molecule has 1 aromatic carbocycles. The number of nitrogens with zero attached hydrogens (tertiary/aromatic N) is 3. The van der Waals surface area contributed by atoms with Crippen molar-refractivity contribution in [1.82, 2.24) is 35.7 Å². The van der Waals surface area contributed by atoms with E-state index in [9.17, 15) is 57.0 Å². The molecule has 9 N–H and O–H groups in total. The molecule has 1 aliphatic heterocycles. The second-order valence-electron chi connectivity index (χ2n) is 16.0. The van der Waals surface area contributed by atoms with Crippen LogP contribution in [0, 0.1) is 11.8 Å². The van der Waals surface area contributed by atoms with Crippen LogP contribution in [0.5, 0.6) is 0 Å². The van der Waals surface area contributed by atoms with Gasteiger partial charge in [0.15, 0.2) is 0 Å². The Labute approximate surface area is 354 Å². The van der Waals surface area contributed by atoms with Crippen LogP contribution < -0.4 is 27.0 Å². The molecular weight excluding hydrogens is 821 g/mol. The van der Waals surface area contributed by atoms with Crippen LogP contribution in [0.3, 0.4) is 0 Å². The van der Waals surface area contributed by atoms with E-state index >= 15 is 0 Å². The van der Waals surface area contributed by atoms with Crippen LogP contribution in [0.25, 0.3) is 0 Å². The van der Waals surface area contributed by atoms with E-state index in [1.54, 1.807) is 10.9 Å². The lowest BCUT2D eigenvalue weighted by Crippen LogP contribution is -2.61. The molecule has 340 valence electrons. The molecule has 0 aliphatic carbocycles. The van der Waals surface area contributed by atoms with Crippen LogP contribution in [-0.4, -0.2) is 114 Å². The van der Waals surface area contributed by atoms with E-state index in [1.165, 1.54) is 23.6 Å². The number of benzene rings is 1. The van der Waals surface area contributed by atoms with Gasteiger partial charge < -0.3 is 51.4 Å². The number of carbonyl (C=O) groups excluding carboxylic acids is 6. The number of carbonyl (C=O) groups is 6. The summed E-state index contributed by atoms with van der Waals surface area (Å²) in [5, 5.41) is 19.6. The number of halogens is 2. The van der Waals surface area contributed by atoms with Gasteiger partial charge in [-0.25, -0.2) is 4.98 Å². The van der Waals surface area contributed by atoms with E-state index in [-0.39, 0.29) is 24.7 Å². The van der Waals surface area contributed by atoms with Crippen molar-refractivity contribution in [2.75, 3.05) is 13.2 Å². The summed E-state index contributed by atoms with van der Waals surface area (Å²) in [6, 6.07) is 2.46. The molecular formula is C40H61F2N8O10P. The maximum atomic E-state index is 14.6. The Hall–Kier alpha value is -4.78.